The summed E-state index contributed by atoms with van der Waals surface area (Å²) in [7, 11) is -3.31. The van der Waals surface area contributed by atoms with Crippen molar-refractivity contribution in [2.75, 3.05) is 11.3 Å². The first-order valence-electron chi connectivity index (χ1n) is 7.19. The van der Waals surface area contributed by atoms with Gasteiger partial charge in [-0.2, -0.15) is 0 Å². The van der Waals surface area contributed by atoms with Crippen molar-refractivity contribution in [3.8, 4) is 0 Å². The summed E-state index contributed by atoms with van der Waals surface area (Å²) in [5.74, 6) is -0.621. The van der Waals surface area contributed by atoms with E-state index in [4.69, 9.17) is 4.74 Å². The summed E-state index contributed by atoms with van der Waals surface area (Å²) in [6.07, 6.45) is 3.88. The van der Waals surface area contributed by atoms with Gasteiger partial charge < -0.3 is 4.74 Å². The van der Waals surface area contributed by atoms with Crippen molar-refractivity contribution in [3.63, 3.8) is 0 Å². The van der Waals surface area contributed by atoms with Crippen molar-refractivity contribution < 1.29 is 17.9 Å². The van der Waals surface area contributed by atoms with Crippen LogP contribution in [0.4, 0.5) is 5.13 Å². The number of fused-ring (bicyclic) bond motifs is 1. The molecule has 0 aromatic carbocycles. The monoisotopic (exact) mass is 330 g/mol. The van der Waals surface area contributed by atoms with E-state index in [-0.39, 0.29) is 17.1 Å². The fraction of sp³-hybridized carbons (Fsp3) is 0.692. The third kappa shape index (κ3) is 3.06. The molecule has 2 aliphatic rings. The molecule has 0 amide bonds. The molecule has 21 heavy (non-hydrogen) atoms. The molecular weight excluding hydrogens is 312 g/mol. The maximum atomic E-state index is 12.0. The van der Waals surface area contributed by atoms with Gasteiger partial charge in [-0.25, -0.2) is 13.4 Å². The Labute approximate surface area is 128 Å². The smallest absolute Gasteiger partial charge is 0.315 e. The zero-order chi connectivity index (χ0) is 15.0. The van der Waals surface area contributed by atoms with E-state index in [0.29, 0.717) is 36.7 Å². The number of carbonyl (C=O) groups excluding carboxylic acids is 1. The van der Waals surface area contributed by atoms with Gasteiger partial charge in [0, 0.05) is 4.88 Å². The maximum Gasteiger partial charge on any atom is 0.315 e. The summed E-state index contributed by atoms with van der Waals surface area (Å²) in [4.78, 5) is 17.3. The van der Waals surface area contributed by atoms with Gasteiger partial charge in [0.15, 0.2) is 5.13 Å². The highest BCUT2D eigenvalue weighted by Gasteiger charge is 2.37. The molecule has 2 aliphatic carbocycles. The number of esters is 1. The summed E-state index contributed by atoms with van der Waals surface area (Å²) in [5, 5.41) is 0.0994. The molecule has 1 unspecified atom stereocenters. The van der Waals surface area contributed by atoms with Gasteiger partial charge >= 0.3 is 5.97 Å². The zero-order valence-electron chi connectivity index (χ0n) is 11.8. The third-order valence-corrected chi connectivity index (χ3v) is 6.72. The van der Waals surface area contributed by atoms with Crippen molar-refractivity contribution in [1.82, 2.24) is 4.98 Å². The standard InChI is InChI=1S/C13H18N2O4S2/c1-2-19-12(16)9-4-3-5-10-11(9)14-13(20-10)15-21(17,18)8-6-7-8/h8-9H,2-7H2,1H3,(H,14,15). The minimum atomic E-state index is -3.31. The van der Waals surface area contributed by atoms with Crippen LogP contribution in [-0.2, 0) is 26.0 Å². The molecule has 1 fully saturated rings. The van der Waals surface area contributed by atoms with E-state index in [9.17, 15) is 13.2 Å². The van der Waals surface area contributed by atoms with Crippen LogP contribution >= 0.6 is 11.3 Å². The number of anilines is 1. The van der Waals surface area contributed by atoms with Gasteiger partial charge in [0.25, 0.3) is 0 Å². The number of nitrogens with zero attached hydrogens (tertiary/aromatic N) is 1. The number of hydrogen-bond donors (Lipinski definition) is 1. The van der Waals surface area contributed by atoms with Crippen LogP contribution in [0.3, 0.4) is 0 Å². The number of ether oxygens (including phenoxy) is 1. The molecule has 0 saturated heterocycles. The number of sulfonamides is 1. The summed E-state index contributed by atoms with van der Waals surface area (Å²) in [6, 6.07) is 0. The fourth-order valence-corrected chi connectivity index (χ4v) is 5.16. The minimum absolute atomic E-state index is 0.264. The average molecular weight is 330 g/mol. The second kappa shape index (κ2) is 5.57. The highest BCUT2D eigenvalue weighted by atomic mass is 32.2. The molecule has 1 atom stereocenters. The molecule has 0 spiro atoms. The zero-order valence-corrected chi connectivity index (χ0v) is 13.4. The number of aromatic nitrogens is 1. The number of nitrogens with one attached hydrogen (secondary N) is 1. The predicted octanol–water partition coefficient (Wildman–Crippen LogP) is 2.03. The van der Waals surface area contributed by atoms with Crippen LogP contribution in [0.1, 0.15) is 49.1 Å². The third-order valence-electron chi connectivity index (χ3n) is 3.72. The molecule has 3 rings (SSSR count). The first kappa shape index (κ1) is 14.8. The van der Waals surface area contributed by atoms with Gasteiger partial charge in [0.1, 0.15) is 5.92 Å². The van der Waals surface area contributed by atoms with Gasteiger partial charge in [0.05, 0.1) is 17.6 Å². The molecule has 1 heterocycles. The van der Waals surface area contributed by atoms with Crippen molar-refractivity contribution in [3.05, 3.63) is 10.6 Å². The Morgan fingerprint density at radius 3 is 2.86 bits per heavy atom. The second-order valence-electron chi connectivity index (χ2n) is 5.37. The van der Waals surface area contributed by atoms with Gasteiger partial charge in [-0.05, 0) is 39.0 Å². The molecule has 6 nitrogen and oxygen atoms in total. The number of hydrogen-bond acceptors (Lipinski definition) is 6. The van der Waals surface area contributed by atoms with Crippen molar-refractivity contribution >= 4 is 32.5 Å². The van der Waals surface area contributed by atoms with E-state index < -0.39 is 10.0 Å². The van der Waals surface area contributed by atoms with Gasteiger partial charge in [-0.15, -0.1) is 11.3 Å². The van der Waals surface area contributed by atoms with Crippen LogP contribution in [0.15, 0.2) is 0 Å². The number of carbonyl (C=O) groups is 1. The fourth-order valence-electron chi connectivity index (χ4n) is 2.52. The van der Waals surface area contributed by atoms with Crippen LogP contribution in [0, 0.1) is 0 Å². The Balaban J connectivity index is 1.82. The predicted molar refractivity (Wildman–Crippen MR) is 80.0 cm³/mol. The van der Waals surface area contributed by atoms with Crippen molar-refractivity contribution in [1.29, 1.82) is 0 Å². The molecular formula is C13H18N2O4S2. The molecule has 0 bridgehead atoms. The molecule has 116 valence electrons. The minimum Gasteiger partial charge on any atom is -0.465 e. The normalized spacial score (nSPS) is 21.7. The lowest BCUT2D eigenvalue weighted by Gasteiger charge is -2.19. The molecule has 0 radical (unpaired) electrons. The van der Waals surface area contributed by atoms with E-state index in [0.717, 1.165) is 17.7 Å². The van der Waals surface area contributed by atoms with Gasteiger partial charge in [0.2, 0.25) is 10.0 Å². The molecule has 1 aromatic heterocycles. The first-order chi connectivity index (χ1) is 10.0. The summed E-state index contributed by atoms with van der Waals surface area (Å²) >= 11 is 1.34. The highest BCUT2D eigenvalue weighted by molar-refractivity contribution is 7.93. The highest BCUT2D eigenvalue weighted by Crippen LogP contribution is 2.38. The topological polar surface area (TPSA) is 85.4 Å². The van der Waals surface area contributed by atoms with E-state index in [1.165, 1.54) is 11.3 Å². The van der Waals surface area contributed by atoms with E-state index >= 15 is 0 Å². The van der Waals surface area contributed by atoms with Crippen LogP contribution in [0.25, 0.3) is 0 Å². The Kier molecular flexibility index (Phi) is 3.92. The average Bonchev–Trinajstić information content (AvgIpc) is 3.20. The largest absolute Gasteiger partial charge is 0.465 e. The first-order valence-corrected chi connectivity index (χ1v) is 9.55. The van der Waals surface area contributed by atoms with Gasteiger partial charge in [-0.3, -0.25) is 9.52 Å². The van der Waals surface area contributed by atoms with Crippen LogP contribution in [-0.4, -0.2) is 31.2 Å². The number of rotatable bonds is 5. The Hall–Kier alpha value is -1.15. The van der Waals surface area contributed by atoms with E-state index in [1.807, 2.05) is 0 Å². The van der Waals surface area contributed by atoms with E-state index in [2.05, 4.69) is 9.71 Å². The van der Waals surface area contributed by atoms with Gasteiger partial charge in [-0.1, -0.05) is 0 Å². The molecule has 1 N–H and O–H groups in total. The molecule has 1 aromatic rings. The summed E-state index contributed by atoms with van der Waals surface area (Å²) in [6.45, 7) is 2.12. The van der Waals surface area contributed by atoms with Crippen LogP contribution < -0.4 is 4.72 Å². The lowest BCUT2D eigenvalue weighted by molar-refractivity contribution is -0.145. The second-order valence-corrected chi connectivity index (χ2v) is 8.42. The van der Waals surface area contributed by atoms with Crippen LogP contribution in [0.2, 0.25) is 0 Å². The Bertz CT molecular complexity index is 649. The lowest BCUT2D eigenvalue weighted by atomic mass is 9.91. The number of thiazole rings is 1. The molecule has 8 heteroatoms. The Morgan fingerprint density at radius 2 is 2.19 bits per heavy atom. The lowest BCUT2D eigenvalue weighted by Crippen LogP contribution is -2.21. The molecule has 1 saturated carbocycles. The van der Waals surface area contributed by atoms with Crippen LogP contribution in [0.5, 0.6) is 0 Å². The SMILES string of the molecule is CCOC(=O)C1CCCc2sc(NS(=O)(=O)C3CC3)nc21. The van der Waals surface area contributed by atoms with Crippen molar-refractivity contribution in [2.24, 2.45) is 0 Å². The van der Waals surface area contributed by atoms with Crippen molar-refractivity contribution in [2.45, 2.75) is 50.2 Å². The molecule has 0 aliphatic heterocycles. The summed E-state index contributed by atoms with van der Waals surface area (Å²) < 4.78 is 31.6. The maximum absolute atomic E-state index is 12.0. The summed E-state index contributed by atoms with van der Waals surface area (Å²) in [5.41, 5.74) is 0.693. The quantitative estimate of drug-likeness (QED) is 0.835. The Morgan fingerprint density at radius 1 is 1.43 bits per heavy atom. The number of aryl methyl sites for hydroxylation is 1. The van der Waals surface area contributed by atoms with E-state index in [1.54, 1.807) is 6.92 Å².